The minimum Gasteiger partial charge on any atom is -0.456 e. The van der Waals surface area contributed by atoms with Crippen molar-refractivity contribution in [2.75, 3.05) is 0 Å². The molecule has 0 bridgehead atoms. The minimum absolute atomic E-state index is 0.556. The smallest absolute Gasteiger partial charge is 0.164 e. The molecule has 9 aromatic carbocycles. The van der Waals surface area contributed by atoms with Crippen molar-refractivity contribution in [1.82, 2.24) is 19.5 Å². The van der Waals surface area contributed by atoms with E-state index >= 15 is 0 Å². The molecule has 0 N–H and O–H groups in total. The van der Waals surface area contributed by atoms with Crippen molar-refractivity contribution >= 4 is 76.5 Å². The van der Waals surface area contributed by atoms with Crippen LogP contribution in [0.2, 0.25) is 0 Å². The van der Waals surface area contributed by atoms with Gasteiger partial charge in [0, 0.05) is 54.7 Å². The van der Waals surface area contributed by atoms with Crippen LogP contribution in [0.25, 0.3) is 127 Å². The average Bonchev–Trinajstić information content (AvgIpc) is 4.00. The van der Waals surface area contributed by atoms with Gasteiger partial charge in [-0.3, -0.25) is 0 Å². The topological polar surface area (TPSA) is 69.9 Å². The van der Waals surface area contributed by atoms with E-state index in [2.05, 4.69) is 156 Å². The van der Waals surface area contributed by atoms with Gasteiger partial charge in [-0.2, -0.15) is 0 Å². The van der Waals surface area contributed by atoms with E-state index in [1.165, 1.54) is 16.3 Å². The van der Waals surface area contributed by atoms with Crippen LogP contribution < -0.4 is 0 Å². The maximum atomic E-state index is 6.66. The van der Waals surface area contributed by atoms with Crippen LogP contribution in [0.1, 0.15) is 0 Å². The highest BCUT2D eigenvalue weighted by atomic mass is 16.3. The lowest BCUT2D eigenvalue weighted by Gasteiger charge is -2.11. The van der Waals surface area contributed by atoms with Gasteiger partial charge < -0.3 is 13.4 Å². The van der Waals surface area contributed by atoms with Crippen molar-refractivity contribution in [3.63, 3.8) is 0 Å². The molecule has 0 radical (unpaired) electrons. The van der Waals surface area contributed by atoms with Gasteiger partial charge in [0.05, 0.1) is 11.0 Å². The highest BCUT2D eigenvalue weighted by Crippen LogP contribution is 2.43. The van der Waals surface area contributed by atoms with Gasteiger partial charge in [0.1, 0.15) is 22.3 Å². The highest BCUT2D eigenvalue weighted by Gasteiger charge is 2.22. The van der Waals surface area contributed by atoms with Gasteiger partial charge >= 0.3 is 0 Å². The van der Waals surface area contributed by atoms with Crippen molar-refractivity contribution in [1.29, 1.82) is 0 Å². The first-order valence-corrected chi connectivity index (χ1v) is 20.4. The molecular weight excluding hydrogens is 749 g/mol. The number of para-hydroxylation sites is 3. The van der Waals surface area contributed by atoms with E-state index in [1.807, 2.05) is 42.5 Å². The van der Waals surface area contributed by atoms with Crippen molar-refractivity contribution in [3.05, 3.63) is 194 Å². The lowest BCUT2D eigenvalue weighted by Crippen LogP contribution is -2.00. The molecule has 0 aliphatic rings. The number of nitrogens with zero attached hydrogens (tertiary/aromatic N) is 4. The fraction of sp³-hybridized carbons (Fsp3) is 0. The van der Waals surface area contributed by atoms with Crippen molar-refractivity contribution in [2.24, 2.45) is 0 Å². The van der Waals surface area contributed by atoms with Gasteiger partial charge in [-0.25, -0.2) is 15.0 Å². The first-order chi connectivity index (χ1) is 30.2. The summed E-state index contributed by atoms with van der Waals surface area (Å²) in [4.78, 5) is 15.7. The Morgan fingerprint density at radius 2 is 0.918 bits per heavy atom. The summed E-state index contributed by atoms with van der Waals surface area (Å²) in [5, 5.41) is 8.75. The summed E-state index contributed by atoms with van der Waals surface area (Å²) in [6.45, 7) is 0. The monoisotopic (exact) mass is 780 g/mol. The number of furan rings is 2. The Kier molecular flexibility index (Phi) is 7.21. The Morgan fingerprint density at radius 3 is 1.77 bits per heavy atom. The quantitative estimate of drug-likeness (QED) is 0.174. The fourth-order valence-corrected chi connectivity index (χ4v) is 9.24. The number of hydrogen-bond donors (Lipinski definition) is 0. The second-order valence-electron chi connectivity index (χ2n) is 15.6. The van der Waals surface area contributed by atoms with Crippen LogP contribution in [-0.2, 0) is 0 Å². The summed E-state index contributed by atoms with van der Waals surface area (Å²) >= 11 is 0. The SMILES string of the molecule is c1ccc(-n2c3ccccc3c3cc(-c4cccc5oc6cccc(-c7nc(-c8ccc9ccccc9c8)nc(-c8ccc9c(c8)oc8ccccc89)n7)c6c45)ccc32)cc1. The molecule has 0 saturated carbocycles. The van der Waals surface area contributed by atoms with E-state index in [-0.39, 0.29) is 0 Å². The summed E-state index contributed by atoms with van der Waals surface area (Å²) in [7, 11) is 0. The number of aromatic nitrogens is 4. The highest BCUT2D eigenvalue weighted by molar-refractivity contribution is 6.19. The maximum Gasteiger partial charge on any atom is 0.164 e. The largest absolute Gasteiger partial charge is 0.456 e. The molecule has 0 aliphatic carbocycles. The van der Waals surface area contributed by atoms with Crippen LogP contribution in [0, 0.1) is 0 Å². The predicted molar refractivity (Wildman–Crippen MR) is 248 cm³/mol. The molecule has 0 atom stereocenters. The van der Waals surface area contributed by atoms with E-state index < -0.39 is 0 Å². The summed E-state index contributed by atoms with van der Waals surface area (Å²) < 4.78 is 15.3. The molecule has 0 unspecified atom stereocenters. The van der Waals surface area contributed by atoms with E-state index in [9.17, 15) is 0 Å². The zero-order valence-corrected chi connectivity index (χ0v) is 32.6. The van der Waals surface area contributed by atoms with Crippen molar-refractivity contribution < 1.29 is 8.83 Å². The number of hydrogen-bond acceptors (Lipinski definition) is 5. The zero-order valence-electron chi connectivity index (χ0n) is 32.6. The standard InChI is InChI=1S/C55H32N4O2/c1-2-14-38(15-3-1)59-45-20-8-6-16-40(45)44-31-35(27-29-46(44)59)39-18-10-22-48-51(39)52-43(19-11-23-49(52)61-48)55-57-53(36-25-24-33-12-4-5-13-34(33)30-36)56-54(58-55)37-26-28-42-41-17-7-9-21-47(41)60-50(42)32-37/h1-32H. The number of benzene rings is 9. The molecule has 284 valence electrons. The van der Waals surface area contributed by atoms with Crippen LogP contribution in [0.4, 0.5) is 0 Å². The Bertz CT molecular complexity index is 3900. The molecular formula is C55H32N4O2. The van der Waals surface area contributed by atoms with Gasteiger partial charge in [-0.1, -0.05) is 127 Å². The number of rotatable bonds is 5. The van der Waals surface area contributed by atoms with E-state index in [4.69, 9.17) is 23.8 Å². The van der Waals surface area contributed by atoms with Gasteiger partial charge in [-0.05, 0) is 88.6 Å². The maximum absolute atomic E-state index is 6.66. The van der Waals surface area contributed by atoms with Gasteiger partial charge in [-0.15, -0.1) is 0 Å². The second-order valence-corrected chi connectivity index (χ2v) is 15.6. The molecule has 13 rings (SSSR count). The van der Waals surface area contributed by atoms with Crippen LogP contribution in [-0.4, -0.2) is 19.5 Å². The second kappa shape index (κ2) is 13.1. The molecule has 4 heterocycles. The molecule has 0 amide bonds. The van der Waals surface area contributed by atoms with Gasteiger partial charge in [0.2, 0.25) is 0 Å². The molecule has 6 nitrogen and oxygen atoms in total. The molecule has 61 heavy (non-hydrogen) atoms. The van der Waals surface area contributed by atoms with Crippen molar-refractivity contribution in [2.45, 2.75) is 0 Å². The third-order valence-electron chi connectivity index (χ3n) is 12.0. The van der Waals surface area contributed by atoms with Gasteiger partial charge in [0.15, 0.2) is 17.5 Å². The molecule has 0 saturated heterocycles. The Hall–Kier alpha value is -8.35. The number of fused-ring (bicyclic) bond motifs is 10. The third-order valence-corrected chi connectivity index (χ3v) is 12.0. The Balaban J connectivity index is 1.04. The first-order valence-electron chi connectivity index (χ1n) is 20.4. The lowest BCUT2D eigenvalue weighted by molar-refractivity contribution is 0.668. The predicted octanol–water partition coefficient (Wildman–Crippen LogP) is 14.6. The third kappa shape index (κ3) is 5.26. The Labute approximate surface area is 348 Å². The first kappa shape index (κ1) is 33.6. The molecule has 0 spiro atoms. The molecule has 0 fully saturated rings. The fourth-order valence-electron chi connectivity index (χ4n) is 9.24. The molecule has 4 aromatic heterocycles. The van der Waals surface area contributed by atoms with Crippen molar-refractivity contribution in [3.8, 4) is 51.0 Å². The summed E-state index contributed by atoms with van der Waals surface area (Å²) in [6.07, 6.45) is 0. The van der Waals surface area contributed by atoms with Crippen LogP contribution in [0.15, 0.2) is 203 Å². The molecule has 13 aromatic rings. The lowest BCUT2D eigenvalue weighted by atomic mass is 9.96. The van der Waals surface area contributed by atoms with E-state index in [0.29, 0.717) is 17.5 Å². The van der Waals surface area contributed by atoms with Crippen LogP contribution in [0.5, 0.6) is 0 Å². The zero-order chi connectivity index (χ0) is 40.0. The molecule has 6 heteroatoms. The normalized spacial score (nSPS) is 11.9. The van der Waals surface area contributed by atoms with E-state index in [0.717, 1.165) is 93.7 Å². The average molecular weight is 781 g/mol. The Morgan fingerprint density at radius 1 is 0.328 bits per heavy atom. The van der Waals surface area contributed by atoms with Crippen LogP contribution in [0.3, 0.4) is 0 Å². The molecule has 0 aliphatic heterocycles. The summed E-state index contributed by atoms with van der Waals surface area (Å²) in [6, 6.07) is 67.5. The minimum atomic E-state index is 0.556. The summed E-state index contributed by atoms with van der Waals surface area (Å²) in [5.41, 5.74) is 11.4. The van der Waals surface area contributed by atoms with Crippen LogP contribution >= 0.6 is 0 Å². The van der Waals surface area contributed by atoms with Gasteiger partial charge in [0.25, 0.3) is 0 Å². The summed E-state index contributed by atoms with van der Waals surface area (Å²) in [5.74, 6) is 1.70. The van der Waals surface area contributed by atoms with E-state index in [1.54, 1.807) is 0 Å².